The van der Waals surface area contributed by atoms with Gasteiger partial charge in [0.05, 0.1) is 0 Å². The van der Waals surface area contributed by atoms with Gasteiger partial charge in [-0.3, -0.25) is 14.4 Å². The minimum atomic E-state index is -0.378. The Morgan fingerprint density at radius 3 is 2.10 bits per heavy atom. The molecule has 0 amide bonds. The fraction of sp³-hybridized carbons (Fsp3) is 0.118. The summed E-state index contributed by atoms with van der Waals surface area (Å²) >= 11 is 0. The minimum absolute atomic E-state index is 0.145. The van der Waals surface area contributed by atoms with Crippen molar-refractivity contribution in [1.29, 1.82) is 0 Å². The SMILES string of the molecule is CC(=O)Oc1ccc(-c2ccc(C(C)=O)c(C=O)c2)cc1. The van der Waals surface area contributed by atoms with E-state index < -0.39 is 0 Å². The molecule has 2 rings (SSSR count). The molecule has 0 aliphatic heterocycles. The number of benzene rings is 2. The number of carbonyl (C=O) groups is 3. The molecule has 0 bridgehead atoms. The molecule has 0 aliphatic carbocycles. The standard InChI is InChI=1S/C17H14O4/c1-11(19)17-8-5-14(9-15(17)10-18)13-3-6-16(7-4-13)21-12(2)20/h3-10H,1-2H3. The number of hydrogen-bond donors (Lipinski definition) is 0. The van der Waals surface area contributed by atoms with E-state index in [1.54, 1.807) is 42.5 Å². The number of carbonyl (C=O) groups excluding carboxylic acids is 3. The molecule has 4 heteroatoms. The molecule has 21 heavy (non-hydrogen) atoms. The summed E-state index contributed by atoms with van der Waals surface area (Å²) in [6.45, 7) is 2.76. The van der Waals surface area contributed by atoms with Gasteiger partial charge in [-0.05, 0) is 36.2 Å². The second-order valence-corrected chi connectivity index (χ2v) is 4.59. The second-order valence-electron chi connectivity index (χ2n) is 4.59. The van der Waals surface area contributed by atoms with Crippen LogP contribution < -0.4 is 4.74 Å². The second kappa shape index (κ2) is 6.13. The maximum Gasteiger partial charge on any atom is 0.308 e. The Hall–Kier alpha value is -2.75. The van der Waals surface area contributed by atoms with Gasteiger partial charge in [0.15, 0.2) is 12.1 Å². The molecule has 4 nitrogen and oxygen atoms in total. The van der Waals surface area contributed by atoms with Crippen molar-refractivity contribution in [3.05, 3.63) is 53.6 Å². The zero-order chi connectivity index (χ0) is 15.4. The highest BCUT2D eigenvalue weighted by molar-refractivity contribution is 6.02. The molecular formula is C17H14O4. The summed E-state index contributed by atoms with van der Waals surface area (Å²) in [5.41, 5.74) is 2.45. The van der Waals surface area contributed by atoms with Gasteiger partial charge in [0.2, 0.25) is 0 Å². The molecule has 2 aromatic carbocycles. The molecule has 0 heterocycles. The highest BCUT2D eigenvalue weighted by atomic mass is 16.5. The van der Waals surface area contributed by atoms with Crippen molar-refractivity contribution >= 4 is 18.0 Å². The third-order valence-electron chi connectivity index (χ3n) is 3.01. The van der Waals surface area contributed by atoms with Crippen LogP contribution in [0.4, 0.5) is 0 Å². The number of aldehydes is 1. The van der Waals surface area contributed by atoms with E-state index in [2.05, 4.69) is 0 Å². The molecule has 2 aromatic rings. The predicted molar refractivity (Wildman–Crippen MR) is 78.6 cm³/mol. The molecular weight excluding hydrogens is 268 g/mol. The smallest absolute Gasteiger partial charge is 0.308 e. The zero-order valence-corrected chi connectivity index (χ0v) is 11.8. The minimum Gasteiger partial charge on any atom is -0.427 e. The normalized spacial score (nSPS) is 10.0. The summed E-state index contributed by atoms with van der Waals surface area (Å²) in [6.07, 6.45) is 0.674. The third-order valence-corrected chi connectivity index (χ3v) is 3.01. The van der Waals surface area contributed by atoms with E-state index in [1.807, 2.05) is 0 Å². The van der Waals surface area contributed by atoms with Crippen molar-refractivity contribution in [1.82, 2.24) is 0 Å². The lowest BCUT2D eigenvalue weighted by Crippen LogP contribution is -2.01. The van der Waals surface area contributed by atoms with E-state index in [0.29, 0.717) is 23.2 Å². The monoisotopic (exact) mass is 282 g/mol. The molecule has 0 aliphatic rings. The predicted octanol–water partition coefficient (Wildman–Crippen LogP) is 3.29. The lowest BCUT2D eigenvalue weighted by molar-refractivity contribution is -0.131. The van der Waals surface area contributed by atoms with Gasteiger partial charge in [-0.15, -0.1) is 0 Å². The number of Topliss-reactive ketones (excluding diaryl/α,β-unsaturated/α-hetero) is 1. The van der Waals surface area contributed by atoms with Crippen LogP contribution in [0.2, 0.25) is 0 Å². The van der Waals surface area contributed by atoms with Crippen molar-refractivity contribution in [3.8, 4) is 16.9 Å². The van der Waals surface area contributed by atoms with Crippen LogP contribution in [0.1, 0.15) is 34.6 Å². The van der Waals surface area contributed by atoms with Crippen LogP contribution in [-0.2, 0) is 4.79 Å². The van der Waals surface area contributed by atoms with Gasteiger partial charge in [0, 0.05) is 18.1 Å². The zero-order valence-electron chi connectivity index (χ0n) is 11.8. The average Bonchev–Trinajstić information content (AvgIpc) is 2.46. The summed E-state index contributed by atoms with van der Waals surface area (Å²) in [4.78, 5) is 33.4. The number of ketones is 1. The molecule has 0 saturated heterocycles. The van der Waals surface area contributed by atoms with Gasteiger partial charge >= 0.3 is 5.97 Å². The fourth-order valence-electron chi connectivity index (χ4n) is 2.04. The summed E-state index contributed by atoms with van der Waals surface area (Å²) in [5.74, 6) is -0.0622. The summed E-state index contributed by atoms with van der Waals surface area (Å²) in [6, 6.07) is 12.0. The van der Waals surface area contributed by atoms with Crippen LogP contribution in [0.3, 0.4) is 0 Å². The first-order chi connectivity index (χ1) is 10.0. The number of hydrogen-bond acceptors (Lipinski definition) is 4. The third kappa shape index (κ3) is 3.42. The van der Waals surface area contributed by atoms with Crippen molar-refractivity contribution in [2.24, 2.45) is 0 Å². The Morgan fingerprint density at radius 2 is 1.57 bits per heavy atom. The van der Waals surface area contributed by atoms with Crippen LogP contribution >= 0.6 is 0 Å². The van der Waals surface area contributed by atoms with E-state index >= 15 is 0 Å². The average molecular weight is 282 g/mol. The number of rotatable bonds is 4. The maximum absolute atomic E-state index is 11.4. The van der Waals surface area contributed by atoms with E-state index in [1.165, 1.54) is 13.8 Å². The summed E-state index contributed by atoms with van der Waals surface area (Å²) in [7, 11) is 0. The molecule has 0 radical (unpaired) electrons. The summed E-state index contributed by atoms with van der Waals surface area (Å²) in [5, 5.41) is 0. The van der Waals surface area contributed by atoms with Crippen LogP contribution in [0.25, 0.3) is 11.1 Å². The van der Waals surface area contributed by atoms with Gasteiger partial charge in [-0.2, -0.15) is 0 Å². The highest BCUT2D eigenvalue weighted by Crippen LogP contribution is 2.24. The molecule has 106 valence electrons. The largest absolute Gasteiger partial charge is 0.427 e. The Balaban J connectivity index is 2.36. The lowest BCUT2D eigenvalue weighted by atomic mass is 9.98. The van der Waals surface area contributed by atoms with E-state index in [0.717, 1.165) is 11.1 Å². The first kappa shape index (κ1) is 14.7. The maximum atomic E-state index is 11.4. The highest BCUT2D eigenvalue weighted by Gasteiger charge is 2.08. The Morgan fingerprint density at radius 1 is 0.952 bits per heavy atom. The van der Waals surface area contributed by atoms with Crippen molar-refractivity contribution in [2.75, 3.05) is 0 Å². The van der Waals surface area contributed by atoms with Crippen molar-refractivity contribution in [2.45, 2.75) is 13.8 Å². The van der Waals surface area contributed by atoms with E-state index in [-0.39, 0.29) is 11.8 Å². The topological polar surface area (TPSA) is 60.4 Å². The summed E-state index contributed by atoms with van der Waals surface area (Å²) < 4.78 is 4.96. The molecule has 0 unspecified atom stereocenters. The van der Waals surface area contributed by atoms with Gasteiger partial charge in [-0.1, -0.05) is 24.3 Å². The fourth-order valence-corrected chi connectivity index (χ4v) is 2.04. The van der Waals surface area contributed by atoms with Gasteiger partial charge < -0.3 is 4.74 Å². The van der Waals surface area contributed by atoms with Crippen molar-refractivity contribution in [3.63, 3.8) is 0 Å². The van der Waals surface area contributed by atoms with Gasteiger partial charge in [0.1, 0.15) is 5.75 Å². The molecule has 0 saturated carbocycles. The first-order valence-corrected chi connectivity index (χ1v) is 6.40. The Bertz CT molecular complexity index is 699. The van der Waals surface area contributed by atoms with Crippen molar-refractivity contribution < 1.29 is 19.1 Å². The molecule has 0 aromatic heterocycles. The van der Waals surface area contributed by atoms with Gasteiger partial charge in [-0.25, -0.2) is 0 Å². The Kier molecular flexibility index (Phi) is 4.28. The number of ether oxygens (including phenoxy) is 1. The molecule has 0 N–H and O–H groups in total. The van der Waals surface area contributed by atoms with Crippen LogP contribution in [0.15, 0.2) is 42.5 Å². The molecule has 0 spiro atoms. The van der Waals surface area contributed by atoms with E-state index in [4.69, 9.17) is 4.74 Å². The molecule has 0 atom stereocenters. The van der Waals surface area contributed by atoms with Crippen LogP contribution in [0.5, 0.6) is 5.75 Å². The van der Waals surface area contributed by atoms with Crippen LogP contribution in [0, 0.1) is 0 Å². The van der Waals surface area contributed by atoms with Gasteiger partial charge in [0.25, 0.3) is 0 Å². The van der Waals surface area contributed by atoms with Crippen LogP contribution in [-0.4, -0.2) is 18.0 Å². The lowest BCUT2D eigenvalue weighted by Gasteiger charge is -2.07. The number of esters is 1. The quantitative estimate of drug-likeness (QED) is 0.373. The Labute approximate surface area is 122 Å². The van der Waals surface area contributed by atoms with E-state index in [9.17, 15) is 14.4 Å². The first-order valence-electron chi connectivity index (χ1n) is 6.40. The molecule has 0 fully saturated rings.